The monoisotopic (exact) mass is 253 g/mol. The highest BCUT2D eigenvalue weighted by Crippen LogP contribution is 2.16. The van der Waals surface area contributed by atoms with E-state index in [9.17, 15) is 0 Å². The average Bonchev–Trinajstić information content (AvgIpc) is 2.49. The summed E-state index contributed by atoms with van der Waals surface area (Å²) >= 11 is 0. The number of rotatable bonds is 5. The molecule has 3 heteroatoms. The van der Waals surface area contributed by atoms with Crippen molar-refractivity contribution >= 4 is 17.8 Å². The molecule has 2 rings (SSSR count). The minimum atomic E-state index is 0.871. The van der Waals surface area contributed by atoms with Gasteiger partial charge >= 0.3 is 0 Å². The molecule has 0 aliphatic carbocycles. The maximum absolute atomic E-state index is 4.21. The molecule has 19 heavy (non-hydrogen) atoms. The fourth-order valence-corrected chi connectivity index (χ4v) is 1.96. The summed E-state index contributed by atoms with van der Waals surface area (Å²) in [7, 11) is 0. The molecule has 1 aromatic heterocycles. The molecule has 0 bridgehead atoms. The van der Waals surface area contributed by atoms with Crippen LogP contribution in [0.5, 0.6) is 0 Å². The van der Waals surface area contributed by atoms with Crippen molar-refractivity contribution < 1.29 is 0 Å². The van der Waals surface area contributed by atoms with Crippen molar-refractivity contribution in [2.75, 3.05) is 18.0 Å². The molecule has 1 aromatic carbocycles. The second kappa shape index (κ2) is 6.69. The zero-order valence-electron chi connectivity index (χ0n) is 11.5. The molecule has 1 heterocycles. The molecule has 0 N–H and O–H groups in total. The Labute approximate surface area is 114 Å². The van der Waals surface area contributed by atoms with Crippen LogP contribution in [-0.4, -0.2) is 23.1 Å². The van der Waals surface area contributed by atoms with E-state index in [1.807, 2.05) is 6.08 Å². The number of nitrogens with zero attached hydrogens (tertiary/aromatic N) is 3. The van der Waals surface area contributed by atoms with Crippen molar-refractivity contribution in [2.45, 2.75) is 13.8 Å². The molecule has 0 aliphatic heterocycles. The molecule has 0 fully saturated rings. The Morgan fingerprint density at radius 2 is 1.74 bits per heavy atom. The maximum Gasteiger partial charge on any atom is 0.0813 e. The molecule has 0 unspecified atom stereocenters. The average molecular weight is 253 g/mol. The van der Waals surface area contributed by atoms with Gasteiger partial charge in [0, 0.05) is 31.2 Å². The minimum absolute atomic E-state index is 0.871. The molecule has 2 aromatic rings. The molecule has 0 aliphatic rings. The number of anilines is 1. The quantitative estimate of drug-likeness (QED) is 0.816. The third-order valence-corrected chi connectivity index (χ3v) is 3.05. The highest BCUT2D eigenvalue weighted by atomic mass is 15.1. The van der Waals surface area contributed by atoms with E-state index in [1.165, 1.54) is 11.3 Å². The number of hydrogen-bond acceptors (Lipinski definition) is 3. The molecule has 98 valence electrons. The standard InChI is InChI=1S/C16H19N3/c1-3-19(4-2)16-9-6-14(7-10-16)5-8-15-13-17-11-12-18-15/h5-13H,3-4H2,1-2H3/b8-5-. The van der Waals surface area contributed by atoms with E-state index in [-0.39, 0.29) is 0 Å². The summed E-state index contributed by atoms with van der Waals surface area (Å²) in [5, 5.41) is 0. The normalized spacial score (nSPS) is 10.8. The Morgan fingerprint density at radius 3 is 2.32 bits per heavy atom. The third-order valence-electron chi connectivity index (χ3n) is 3.05. The van der Waals surface area contributed by atoms with Crippen molar-refractivity contribution in [3.05, 3.63) is 54.1 Å². The summed E-state index contributed by atoms with van der Waals surface area (Å²) in [4.78, 5) is 10.6. The van der Waals surface area contributed by atoms with Crippen LogP contribution in [0.15, 0.2) is 42.9 Å². The van der Waals surface area contributed by atoms with Crippen molar-refractivity contribution in [3.63, 3.8) is 0 Å². The van der Waals surface area contributed by atoms with Crippen LogP contribution in [0.2, 0.25) is 0 Å². The predicted octanol–water partition coefficient (Wildman–Crippen LogP) is 3.49. The van der Waals surface area contributed by atoms with Gasteiger partial charge in [0.15, 0.2) is 0 Å². The van der Waals surface area contributed by atoms with Crippen LogP contribution in [0.1, 0.15) is 25.1 Å². The van der Waals surface area contributed by atoms with Gasteiger partial charge < -0.3 is 4.90 Å². The molecule has 0 amide bonds. The van der Waals surface area contributed by atoms with E-state index in [0.717, 1.165) is 18.8 Å². The SMILES string of the molecule is CCN(CC)c1ccc(/C=C\c2cnccn2)cc1. The van der Waals surface area contributed by atoms with Gasteiger partial charge in [-0.3, -0.25) is 9.97 Å². The van der Waals surface area contributed by atoms with Crippen LogP contribution in [0.25, 0.3) is 12.2 Å². The maximum atomic E-state index is 4.21. The van der Waals surface area contributed by atoms with E-state index >= 15 is 0 Å². The van der Waals surface area contributed by atoms with Crippen LogP contribution in [0, 0.1) is 0 Å². The first-order valence-corrected chi connectivity index (χ1v) is 6.62. The van der Waals surface area contributed by atoms with Crippen LogP contribution >= 0.6 is 0 Å². The van der Waals surface area contributed by atoms with Crippen molar-refractivity contribution in [2.24, 2.45) is 0 Å². The van der Waals surface area contributed by atoms with E-state index < -0.39 is 0 Å². The fraction of sp³-hybridized carbons (Fsp3) is 0.250. The van der Waals surface area contributed by atoms with Crippen LogP contribution in [0.4, 0.5) is 5.69 Å². The van der Waals surface area contributed by atoms with Gasteiger partial charge in [0.25, 0.3) is 0 Å². The highest BCUT2D eigenvalue weighted by molar-refractivity contribution is 5.68. The van der Waals surface area contributed by atoms with Crippen LogP contribution < -0.4 is 4.90 Å². The number of aromatic nitrogens is 2. The lowest BCUT2D eigenvalue weighted by Gasteiger charge is -2.20. The van der Waals surface area contributed by atoms with Gasteiger partial charge in [-0.15, -0.1) is 0 Å². The fourth-order valence-electron chi connectivity index (χ4n) is 1.96. The first kappa shape index (κ1) is 13.3. The van der Waals surface area contributed by atoms with Crippen molar-refractivity contribution in [3.8, 4) is 0 Å². The van der Waals surface area contributed by atoms with Crippen molar-refractivity contribution in [1.29, 1.82) is 0 Å². The Morgan fingerprint density at radius 1 is 1.00 bits per heavy atom. The molecular weight excluding hydrogens is 234 g/mol. The molecule has 0 spiro atoms. The molecular formula is C16H19N3. The van der Waals surface area contributed by atoms with Crippen LogP contribution in [0.3, 0.4) is 0 Å². The summed E-state index contributed by atoms with van der Waals surface area (Å²) in [6, 6.07) is 8.56. The Bertz CT molecular complexity index is 513. The smallest absolute Gasteiger partial charge is 0.0813 e. The number of hydrogen-bond donors (Lipinski definition) is 0. The van der Waals surface area contributed by atoms with Crippen LogP contribution in [-0.2, 0) is 0 Å². The minimum Gasteiger partial charge on any atom is -0.372 e. The van der Waals surface area contributed by atoms with Gasteiger partial charge in [-0.2, -0.15) is 0 Å². The third kappa shape index (κ3) is 3.65. The first-order chi connectivity index (χ1) is 9.33. The Balaban J connectivity index is 2.09. The molecule has 0 atom stereocenters. The Kier molecular flexibility index (Phi) is 4.67. The molecule has 3 nitrogen and oxygen atoms in total. The van der Waals surface area contributed by atoms with E-state index in [0.29, 0.717) is 0 Å². The van der Waals surface area contributed by atoms with Crippen molar-refractivity contribution in [1.82, 2.24) is 9.97 Å². The van der Waals surface area contributed by atoms with Gasteiger partial charge in [-0.1, -0.05) is 18.2 Å². The van der Waals surface area contributed by atoms with E-state index in [4.69, 9.17) is 0 Å². The summed E-state index contributed by atoms with van der Waals surface area (Å²) in [5.74, 6) is 0. The molecule has 0 saturated heterocycles. The topological polar surface area (TPSA) is 29.0 Å². The van der Waals surface area contributed by atoms with Gasteiger partial charge in [-0.05, 0) is 37.6 Å². The van der Waals surface area contributed by atoms with Gasteiger partial charge in [-0.25, -0.2) is 0 Å². The summed E-state index contributed by atoms with van der Waals surface area (Å²) < 4.78 is 0. The second-order valence-corrected chi connectivity index (χ2v) is 4.23. The van der Waals surface area contributed by atoms with Gasteiger partial charge in [0.2, 0.25) is 0 Å². The van der Waals surface area contributed by atoms with E-state index in [1.54, 1.807) is 18.6 Å². The first-order valence-electron chi connectivity index (χ1n) is 6.62. The van der Waals surface area contributed by atoms with E-state index in [2.05, 4.69) is 59.1 Å². The zero-order valence-corrected chi connectivity index (χ0v) is 11.5. The van der Waals surface area contributed by atoms with Gasteiger partial charge in [0.05, 0.1) is 11.9 Å². The highest BCUT2D eigenvalue weighted by Gasteiger charge is 1.99. The second-order valence-electron chi connectivity index (χ2n) is 4.23. The lowest BCUT2D eigenvalue weighted by atomic mass is 10.1. The lowest BCUT2D eigenvalue weighted by molar-refractivity contribution is 0.866. The summed E-state index contributed by atoms with van der Waals surface area (Å²) in [5.41, 5.74) is 3.30. The largest absolute Gasteiger partial charge is 0.372 e. The summed E-state index contributed by atoms with van der Waals surface area (Å²) in [6.07, 6.45) is 9.15. The molecule has 0 radical (unpaired) electrons. The van der Waals surface area contributed by atoms with Gasteiger partial charge in [0.1, 0.15) is 0 Å². The predicted molar refractivity (Wildman–Crippen MR) is 81.0 cm³/mol. The number of benzene rings is 1. The zero-order chi connectivity index (χ0) is 13.5. The Hall–Kier alpha value is -2.16. The summed E-state index contributed by atoms with van der Waals surface area (Å²) in [6.45, 7) is 6.41. The molecule has 0 saturated carbocycles. The lowest BCUT2D eigenvalue weighted by Crippen LogP contribution is -2.21.